The lowest BCUT2D eigenvalue weighted by Crippen LogP contribution is -2.36. The molecule has 0 aliphatic rings. The van der Waals surface area contributed by atoms with Crippen molar-refractivity contribution in [3.8, 4) is 11.4 Å². The van der Waals surface area contributed by atoms with Crippen LogP contribution in [0.5, 0.6) is 0 Å². The number of hydrogen-bond acceptors (Lipinski definition) is 6. The Morgan fingerprint density at radius 2 is 2.00 bits per heavy atom. The van der Waals surface area contributed by atoms with Crippen LogP contribution in [0.3, 0.4) is 0 Å². The van der Waals surface area contributed by atoms with Gasteiger partial charge in [0, 0.05) is 23.3 Å². The molecule has 0 saturated heterocycles. The quantitative estimate of drug-likeness (QED) is 0.372. The molecule has 0 aliphatic heterocycles. The highest BCUT2D eigenvalue weighted by molar-refractivity contribution is 6.30. The van der Waals surface area contributed by atoms with Crippen molar-refractivity contribution in [2.24, 2.45) is 4.99 Å². The molecule has 29 heavy (non-hydrogen) atoms. The predicted molar refractivity (Wildman–Crippen MR) is 109 cm³/mol. The number of halogens is 1. The molecule has 0 amide bonds. The van der Waals surface area contributed by atoms with E-state index in [1.807, 2.05) is 47.9 Å². The third kappa shape index (κ3) is 4.52. The molecule has 0 aliphatic carbocycles. The van der Waals surface area contributed by atoms with Gasteiger partial charge in [-0.05, 0) is 43.3 Å². The Kier molecular flexibility index (Phi) is 5.66. The second kappa shape index (κ2) is 8.70. The first-order valence-corrected chi connectivity index (χ1v) is 9.50. The number of fused-ring (bicyclic) bond motifs is 1. The standard InChI is InChI=1S/C19H19ClN8O/c1-2-21-19(22-11-16-26-25-15-5-3-4-10-28(15)16)23-12-17-24-18(27-29-17)13-6-8-14(20)9-7-13/h3-10H,2,11-12H2,1H3,(H2,21,22,23). The highest BCUT2D eigenvalue weighted by Gasteiger charge is 2.10. The van der Waals surface area contributed by atoms with Crippen LogP contribution in [0.15, 0.2) is 58.2 Å². The van der Waals surface area contributed by atoms with Crippen molar-refractivity contribution < 1.29 is 4.52 Å². The van der Waals surface area contributed by atoms with Crippen molar-refractivity contribution in [2.75, 3.05) is 6.54 Å². The van der Waals surface area contributed by atoms with E-state index in [-0.39, 0.29) is 0 Å². The van der Waals surface area contributed by atoms with Gasteiger partial charge < -0.3 is 15.2 Å². The molecule has 0 spiro atoms. The smallest absolute Gasteiger partial charge is 0.246 e. The van der Waals surface area contributed by atoms with Crippen molar-refractivity contribution in [2.45, 2.75) is 20.0 Å². The summed E-state index contributed by atoms with van der Waals surface area (Å²) in [4.78, 5) is 8.96. The van der Waals surface area contributed by atoms with Gasteiger partial charge in [0.2, 0.25) is 11.7 Å². The van der Waals surface area contributed by atoms with Crippen LogP contribution in [0.4, 0.5) is 0 Å². The summed E-state index contributed by atoms with van der Waals surface area (Å²) in [6.07, 6.45) is 1.91. The van der Waals surface area contributed by atoms with Crippen LogP contribution < -0.4 is 10.6 Å². The maximum atomic E-state index is 5.91. The normalized spacial score (nSPS) is 11.7. The molecule has 0 bridgehead atoms. The van der Waals surface area contributed by atoms with E-state index in [1.165, 1.54) is 0 Å². The first-order chi connectivity index (χ1) is 14.2. The SMILES string of the molecule is CCNC(=NCc1nnc2ccccn12)NCc1nc(-c2ccc(Cl)cc2)no1. The fraction of sp³-hybridized carbons (Fsp3) is 0.211. The van der Waals surface area contributed by atoms with Gasteiger partial charge in [0.15, 0.2) is 17.4 Å². The second-order valence-corrected chi connectivity index (χ2v) is 6.55. The van der Waals surface area contributed by atoms with Crippen LogP contribution in [0.1, 0.15) is 18.6 Å². The summed E-state index contributed by atoms with van der Waals surface area (Å²) < 4.78 is 7.23. The predicted octanol–water partition coefficient (Wildman–Crippen LogP) is 2.69. The minimum Gasteiger partial charge on any atom is -0.357 e. The molecule has 0 atom stereocenters. The molecule has 148 valence electrons. The van der Waals surface area contributed by atoms with Crippen LogP contribution in [0.2, 0.25) is 5.02 Å². The van der Waals surface area contributed by atoms with Crippen molar-refractivity contribution >= 4 is 23.2 Å². The topological polar surface area (TPSA) is 106 Å². The van der Waals surface area contributed by atoms with E-state index in [9.17, 15) is 0 Å². The Hall–Kier alpha value is -3.46. The molecule has 2 N–H and O–H groups in total. The Bertz CT molecular complexity index is 1120. The van der Waals surface area contributed by atoms with Crippen molar-refractivity contribution in [3.63, 3.8) is 0 Å². The zero-order valence-electron chi connectivity index (χ0n) is 15.7. The Morgan fingerprint density at radius 1 is 1.14 bits per heavy atom. The number of guanidine groups is 1. The molecular formula is C19H19ClN8O. The molecule has 0 fully saturated rings. The second-order valence-electron chi connectivity index (χ2n) is 6.11. The van der Waals surface area contributed by atoms with Crippen molar-refractivity contribution in [1.29, 1.82) is 0 Å². The van der Waals surface area contributed by atoms with Crippen molar-refractivity contribution in [1.82, 2.24) is 35.4 Å². The van der Waals surface area contributed by atoms with Gasteiger partial charge in [-0.2, -0.15) is 4.98 Å². The fourth-order valence-electron chi connectivity index (χ4n) is 2.69. The first-order valence-electron chi connectivity index (χ1n) is 9.12. The lowest BCUT2D eigenvalue weighted by atomic mass is 10.2. The van der Waals surface area contributed by atoms with Gasteiger partial charge >= 0.3 is 0 Å². The lowest BCUT2D eigenvalue weighted by molar-refractivity contribution is 0.375. The summed E-state index contributed by atoms with van der Waals surface area (Å²) in [5, 5.41) is 19.4. The average Bonchev–Trinajstić information content (AvgIpc) is 3.38. The maximum absolute atomic E-state index is 5.91. The third-order valence-corrected chi connectivity index (χ3v) is 4.34. The number of hydrogen-bond donors (Lipinski definition) is 2. The maximum Gasteiger partial charge on any atom is 0.246 e. The summed E-state index contributed by atoms with van der Waals surface area (Å²) in [7, 11) is 0. The van der Waals surface area contributed by atoms with E-state index >= 15 is 0 Å². The molecule has 9 nitrogen and oxygen atoms in total. The summed E-state index contributed by atoms with van der Waals surface area (Å²) in [6, 6.07) is 13.0. The van der Waals surface area contributed by atoms with Gasteiger partial charge in [-0.3, -0.25) is 4.40 Å². The molecule has 4 aromatic rings. The number of nitrogens with one attached hydrogen (secondary N) is 2. The van der Waals surface area contributed by atoms with E-state index in [0.717, 1.165) is 17.0 Å². The molecular weight excluding hydrogens is 392 g/mol. The molecule has 10 heteroatoms. The minimum atomic E-state index is 0.340. The summed E-state index contributed by atoms with van der Waals surface area (Å²) in [6.45, 7) is 3.43. The Balaban J connectivity index is 1.42. The van der Waals surface area contributed by atoms with E-state index in [2.05, 4.69) is 36.0 Å². The monoisotopic (exact) mass is 410 g/mol. The average molecular weight is 411 g/mol. The van der Waals surface area contributed by atoms with E-state index in [4.69, 9.17) is 16.1 Å². The van der Waals surface area contributed by atoms with Gasteiger partial charge in [0.25, 0.3) is 0 Å². The summed E-state index contributed by atoms with van der Waals surface area (Å²) in [5.74, 6) is 2.33. The Labute approximate surface area is 171 Å². The highest BCUT2D eigenvalue weighted by atomic mass is 35.5. The molecule has 0 radical (unpaired) electrons. The first kappa shape index (κ1) is 18.9. The number of aliphatic imine (C=N–C) groups is 1. The van der Waals surface area contributed by atoms with Crippen LogP contribution >= 0.6 is 11.6 Å². The molecule has 0 unspecified atom stereocenters. The largest absolute Gasteiger partial charge is 0.357 e. The number of aromatic nitrogens is 5. The highest BCUT2D eigenvalue weighted by Crippen LogP contribution is 2.18. The van der Waals surface area contributed by atoms with E-state index in [0.29, 0.717) is 42.3 Å². The van der Waals surface area contributed by atoms with Crippen molar-refractivity contribution in [3.05, 3.63) is 65.4 Å². The number of benzene rings is 1. The third-order valence-electron chi connectivity index (χ3n) is 4.08. The summed E-state index contributed by atoms with van der Waals surface area (Å²) in [5.41, 5.74) is 1.62. The number of pyridine rings is 1. The molecule has 1 aromatic carbocycles. The number of rotatable bonds is 6. The molecule has 3 heterocycles. The van der Waals surface area contributed by atoms with E-state index < -0.39 is 0 Å². The van der Waals surface area contributed by atoms with Crippen LogP contribution in [-0.4, -0.2) is 37.2 Å². The van der Waals surface area contributed by atoms with Gasteiger partial charge in [0.1, 0.15) is 6.54 Å². The minimum absolute atomic E-state index is 0.340. The van der Waals surface area contributed by atoms with Gasteiger partial charge in [0.05, 0.1) is 6.54 Å². The van der Waals surface area contributed by atoms with Crippen LogP contribution in [0, 0.1) is 0 Å². The summed E-state index contributed by atoms with van der Waals surface area (Å²) >= 11 is 5.91. The number of nitrogens with zero attached hydrogens (tertiary/aromatic N) is 6. The zero-order valence-corrected chi connectivity index (χ0v) is 16.5. The van der Waals surface area contributed by atoms with Crippen LogP contribution in [0.25, 0.3) is 17.0 Å². The van der Waals surface area contributed by atoms with Gasteiger partial charge in [-0.25, -0.2) is 4.99 Å². The molecule has 4 rings (SSSR count). The lowest BCUT2D eigenvalue weighted by Gasteiger charge is -2.09. The van der Waals surface area contributed by atoms with Gasteiger partial charge in [-0.1, -0.05) is 22.8 Å². The van der Waals surface area contributed by atoms with Gasteiger partial charge in [-0.15, -0.1) is 10.2 Å². The van der Waals surface area contributed by atoms with E-state index in [1.54, 1.807) is 12.1 Å². The van der Waals surface area contributed by atoms with Crippen LogP contribution in [-0.2, 0) is 13.1 Å². The Morgan fingerprint density at radius 3 is 2.83 bits per heavy atom. The molecule has 0 saturated carbocycles. The fourth-order valence-corrected chi connectivity index (χ4v) is 2.82. The molecule has 3 aromatic heterocycles. The zero-order chi connectivity index (χ0) is 20.1.